The van der Waals surface area contributed by atoms with E-state index in [0.717, 1.165) is 21.8 Å². The summed E-state index contributed by atoms with van der Waals surface area (Å²) in [6.07, 6.45) is 1.64. The molecule has 0 aliphatic heterocycles. The summed E-state index contributed by atoms with van der Waals surface area (Å²) in [5, 5.41) is 5.75. The molecular weight excluding hydrogens is 408 g/mol. The highest BCUT2D eigenvalue weighted by Gasteiger charge is 2.00. The number of amides is 2. The van der Waals surface area contributed by atoms with Crippen molar-refractivity contribution < 1.29 is 4.79 Å². The number of hydrogen-bond donors (Lipinski definition) is 2. The van der Waals surface area contributed by atoms with Crippen LogP contribution in [0.15, 0.2) is 57.5 Å². The molecule has 0 aromatic heterocycles. The van der Waals surface area contributed by atoms with Gasteiger partial charge in [0.05, 0.1) is 0 Å². The lowest BCUT2D eigenvalue weighted by Crippen LogP contribution is -2.37. The van der Waals surface area contributed by atoms with Crippen LogP contribution >= 0.6 is 31.9 Å². The number of carbonyl (C=O) groups excluding carboxylic acids is 1. The Bertz CT molecular complexity index is 614. The average molecular weight is 426 g/mol. The molecule has 0 saturated heterocycles. The molecule has 0 heterocycles. The van der Waals surface area contributed by atoms with Gasteiger partial charge in [-0.25, -0.2) is 4.79 Å². The Morgan fingerprint density at radius 3 is 2.09 bits per heavy atom. The van der Waals surface area contributed by atoms with Gasteiger partial charge in [0.2, 0.25) is 0 Å². The van der Waals surface area contributed by atoms with Crippen LogP contribution in [0.25, 0.3) is 0 Å². The van der Waals surface area contributed by atoms with E-state index in [9.17, 15) is 4.79 Å². The smallest absolute Gasteiger partial charge is 0.314 e. The lowest BCUT2D eigenvalue weighted by Gasteiger charge is -2.08. The van der Waals surface area contributed by atoms with E-state index in [-0.39, 0.29) is 6.03 Å². The van der Waals surface area contributed by atoms with Crippen molar-refractivity contribution in [1.29, 1.82) is 0 Å². The molecule has 116 valence electrons. The van der Waals surface area contributed by atoms with Gasteiger partial charge in [0.1, 0.15) is 0 Å². The topological polar surface area (TPSA) is 41.1 Å². The molecule has 2 rings (SSSR count). The molecule has 0 unspecified atom stereocenters. The van der Waals surface area contributed by atoms with Crippen molar-refractivity contribution in [3.05, 3.63) is 68.6 Å². The molecule has 0 atom stereocenters. The Morgan fingerprint density at radius 2 is 1.45 bits per heavy atom. The molecule has 22 heavy (non-hydrogen) atoms. The first-order valence-corrected chi connectivity index (χ1v) is 8.73. The van der Waals surface area contributed by atoms with E-state index in [2.05, 4.69) is 66.8 Å². The minimum absolute atomic E-state index is 0.118. The molecule has 0 aliphatic carbocycles. The molecule has 2 aromatic carbocycles. The highest BCUT2D eigenvalue weighted by atomic mass is 79.9. The van der Waals surface area contributed by atoms with Crippen molar-refractivity contribution >= 4 is 37.9 Å². The van der Waals surface area contributed by atoms with Crippen LogP contribution in [-0.2, 0) is 12.8 Å². The Balaban J connectivity index is 1.62. The molecule has 0 radical (unpaired) electrons. The predicted molar refractivity (Wildman–Crippen MR) is 97.1 cm³/mol. The molecule has 0 saturated carbocycles. The lowest BCUT2D eigenvalue weighted by atomic mass is 10.1. The maximum atomic E-state index is 11.7. The third-order valence-electron chi connectivity index (χ3n) is 3.20. The number of benzene rings is 2. The number of hydrogen-bond acceptors (Lipinski definition) is 1. The van der Waals surface area contributed by atoms with Gasteiger partial charge in [0.15, 0.2) is 0 Å². The highest BCUT2D eigenvalue weighted by molar-refractivity contribution is 9.10. The third-order valence-corrected chi connectivity index (χ3v) is 4.22. The van der Waals surface area contributed by atoms with E-state index in [0.29, 0.717) is 13.1 Å². The number of nitrogens with one attached hydrogen (secondary N) is 2. The second-order valence-corrected chi connectivity index (χ2v) is 6.77. The molecule has 3 nitrogen and oxygen atoms in total. The second kappa shape index (κ2) is 8.96. The predicted octanol–water partition coefficient (Wildman–Crippen LogP) is 4.30. The minimum atomic E-state index is -0.118. The third kappa shape index (κ3) is 6.20. The Morgan fingerprint density at radius 1 is 0.818 bits per heavy atom. The number of halogens is 2. The molecule has 5 heteroatoms. The normalized spacial score (nSPS) is 10.3. The molecular formula is C17H18Br2N2O. The summed E-state index contributed by atoms with van der Waals surface area (Å²) in [6.45, 7) is 1.25. The van der Waals surface area contributed by atoms with Gasteiger partial charge in [-0.15, -0.1) is 0 Å². The van der Waals surface area contributed by atoms with E-state index in [4.69, 9.17) is 0 Å². The lowest BCUT2D eigenvalue weighted by molar-refractivity contribution is 0.241. The Kier molecular flexibility index (Phi) is 6.93. The first kappa shape index (κ1) is 17.0. The zero-order chi connectivity index (χ0) is 15.8. The highest BCUT2D eigenvalue weighted by Crippen LogP contribution is 2.12. The molecule has 2 aromatic rings. The van der Waals surface area contributed by atoms with Crippen molar-refractivity contribution in [3.63, 3.8) is 0 Å². The van der Waals surface area contributed by atoms with E-state index in [1.165, 1.54) is 11.1 Å². The van der Waals surface area contributed by atoms with E-state index in [1.54, 1.807) is 0 Å². The van der Waals surface area contributed by atoms with Gasteiger partial charge in [-0.05, 0) is 48.2 Å². The van der Waals surface area contributed by atoms with Gasteiger partial charge in [-0.3, -0.25) is 0 Å². The average Bonchev–Trinajstić information content (AvgIpc) is 2.49. The number of urea groups is 1. The molecule has 2 N–H and O–H groups in total. The molecule has 2 amide bonds. The maximum Gasteiger partial charge on any atom is 0.314 e. The fraction of sp³-hybridized carbons (Fsp3) is 0.235. The van der Waals surface area contributed by atoms with Crippen LogP contribution in [0.2, 0.25) is 0 Å². The van der Waals surface area contributed by atoms with E-state index in [1.807, 2.05) is 24.3 Å². The first-order chi connectivity index (χ1) is 10.6. The van der Waals surface area contributed by atoms with Crippen LogP contribution in [0.4, 0.5) is 4.79 Å². The van der Waals surface area contributed by atoms with Crippen LogP contribution in [0.3, 0.4) is 0 Å². The van der Waals surface area contributed by atoms with Crippen LogP contribution in [0.1, 0.15) is 11.1 Å². The van der Waals surface area contributed by atoms with Gasteiger partial charge in [0, 0.05) is 22.0 Å². The van der Waals surface area contributed by atoms with Gasteiger partial charge in [0.25, 0.3) is 0 Å². The monoisotopic (exact) mass is 424 g/mol. The summed E-state index contributed by atoms with van der Waals surface area (Å²) in [6, 6.07) is 16.1. The van der Waals surface area contributed by atoms with Crippen molar-refractivity contribution in [2.24, 2.45) is 0 Å². The zero-order valence-corrected chi connectivity index (χ0v) is 15.3. The minimum Gasteiger partial charge on any atom is -0.338 e. The summed E-state index contributed by atoms with van der Waals surface area (Å²) in [5.41, 5.74) is 2.40. The summed E-state index contributed by atoms with van der Waals surface area (Å²) in [5.74, 6) is 0. The molecule has 0 bridgehead atoms. The molecule has 0 fully saturated rings. The van der Waals surface area contributed by atoms with Gasteiger partial charge in [-0.2, -0.15) is 0 Å². The maximum absolute atomic E-state index is 11.7. The zero-order valence-electron chi connectivity index (χ0n) is 12.1. The largest absolute Gasteiger partial charge is 0.338 e. The summed E-state index contributed by atoms with van der Waals surface area (Å²) < 4.78 is 2.12. The Labute approximate surface area is 147 Å². The van der Waals surface area contributed by atoms with Crippen LogP contribution in [0, 0.1) is 0 Å². The summed E-state index contributed by atoms with van der Waals surface area (Å²) in [7, 11) is 0. The number of rotatable bonds is 6. The second-order valence-electron chi connectivity index (χ2n) is 4.94. The fourth-order valence-corrected chi connectivity index (χ4v) is 2.76. The molecule has 0 spiro atoms. The fourth-order valence-electron chi connectivity index (χ4n) is 2.05. The van der Waals surface area contributed by atoms with Crippen molar-refractivity contribution in [1.82, 2.24) is 10.6 Å². The summed E-state index contributed by atoms with van der Waals surface area (Å²) in [4.78, 5) is 11.7. The van der Waals surface area contributed by atoms with Crippen molar-refractivity contribution in [2.45, 2.75) is 12.8 Å². The van der Waals surface area contributed by atoms with Crippen LogP contribution in [-0.4, -0.2) is 19.1 Å². The van der Waals surface area contributed by atoms with E-state index >= 15 is 0 Å². The van der Waals surface area contributed by atoms with Crippen molar-refractivity contribution in [2.75, 3.05) is 13.1 Å². The quantitative estimate of drug-likeness (QED) is 0.711. The Hall–Kier alpha value is -1.33. The van der Waals surface area contributed by atoms with Gasteiger partial charge in [-0.1, -0.05) is 56.1 Å². The van der Waals surface area contributed by atoms with Crippen LogP contribution in [0.5, 0.6) is 0 Å². The standard InChI is InChI=1S/C17H18Br2N2O/c18-15-6-4-13(5-7-15)8-10-20-17(22)21-11-9-14-2-1-3-16(19)12-14/h1-7,12H,8-11H2,(H2,20,21,22). The van der Waals surface area contributed by atoms with Crippen molar-refractivity contribution in [3.8, 4) is 0 Å². The van der Waals surface area contributed by atoms with Gasteiger partial charge >= 0.3 is 6.03 Å². The first-order valence-electron chi connectivity index (χ1n) is 7.14. The van der Waals surface area contributed by atoms with Crippen LogP contribution < -0.4 is 10.6 Å². The van der Waals surface area contributed by atoms with E-state index < -0.39 is 0 Å². The SMILES string of the molecule is O=C(NCCc1ccc(Br)cc1)NCCc1cccc(Br)c1. The summed E-state index contributed by atoms with van der Waals surface area (Å²) >= 11 is 6.85. The molecule has 0 aliphatic rings. The number of carbonyl (C=O) groups is 1. The van der Waals surface area contributed by atoms with Gasteiger partial charge < -0.3 is 10.6 Å².